The van der Waals surface area contributed by atoms with E-state index in [-0.39, 0.29) is 11.9 Å². The van der Waals surface area contributed by atoms with E-state index < -0.39 is 0 Å². The van der Waals surface area contributed by atoms with E-state index in [1.165, 1.54) is 0 Å². The van der Waals surface area contributed by atoms with Crippen LogP contribution in [0.15, 0.2) is 22.5 Å². The van der Waals surface area contributed by atoms with E-state index in [1.807, 2.05) is 24.5 Å². The number of aromatic nitrogens is 1. The Hall–Kier alpha value is -1.15. The van der Waals surface area contributed by atoms with Crippen molar-refractivity contribution in [3.63, 3.8) is 0 Å². The fraction of sp³-hybridized carbons (Fsp3) is 0.429. The molecule has 0 aliphatic carbocycles. The van der Waals surface area contributed by atoms with Crippen molar-refractivity contribution < 1.29 is 9.53 Å². The SMILES string of the molecule is CSc1nc2ccc(NC(=O)CC3COCCN3)cc2s1. The van der Waals surface area contributed by atoms with Crippen LogP contribution >= 0.6 is 23.1 Å². The average molecular weight is 323 g/mol. The normalized spacial score (nSPS) is 18.8. The van der Waals surface area contributed by atoms with Crippen molar-refractivity contribution in [2.75, 3.05) is 31.3 Å². The second-order valence-electron chi connectivity index (χ2n) is 4.84. The summed E-state index contributed by atoms with van der Waals surface area (Å²) in [4.78, 5) is 16.5. The first-order valence-corrected chi connectivity index (χ1v) is 8.84. The van der Waals surface area contributed by atoms with Crippen molar-refractivity contribution in [3.8, 4) is 0 Å². The number of rotatable bonds is 4. The van der Waals surface area contributed by atoms with Crippen molar-refractivity contribution in [1.29, 1.82) is 0 Å². The van der Waals surface area contributed by atoms with Gasteiger partial charge in [0.1, 0.15) is 0 Å². The number of nitrogens with one attached hydrogen (secondary N) is 2. The van der Waals surface area contributed by atoms with Crippen molar-refractivity contribution in [2.24, 2.45) is 0 Å². The Morgan fingerprint density at radius 3 is 3.29 bits per heavy atom. The maximum absolute atomic E-state index is 12.1. The van der Waals surface area contributed by atoms with Crippen molar-refractivity contribution in [3.05, 3.63) is 18.2 Å². The molecule has 0 radical (unpaired) electrons. The molecule has 1 fully saturated rings. The molecule has 0 bridgehead atoms. The Labute approximate surface area is 131 Å². The van der Waals surface area contributed by atoms with Crippen molar-refractivity contribution >= 4 is 44.9 Å². The topological polar surface area (TPSA) is 63.2 Å². The molecule has 1 aromatic carbocycles. The lowest BCUT2D eigenvalue weighted by atomic mass is 10.2. The van der Waals surface area contributed by atoms with E-state index in [0.717, 1.165) is 33.4 Å². The Bertz CT molecular complexity index is 638. The minimum absolute atomic E-state index is 0.00644. The van der Waals surface area contributed by atoms with Gasteiger partial charge in [0, 0.05) is 24.7 Å². The molecule has 2 heterocycles. The zero-order valence-corrected chi connectivity index (χ0v) is 13.4. The Balaban J connectivity index is 1.64. The third-order valence-corrected chi connectivity index (χ3v) is 5.26. The van der Waals surface area contributed by atoms with Gasteiger partial charge >= 0.3 is 0 Å². The molecule has 0 spiro atoms. The van der Waals surface area contributed by atoms with Crippen LogP contribution in [0.4, 0.5) is 5.69 Å². The first-order valence-electron chi connectivity index (χ1n) is 6.80. The molecule has 1 aromatic heterocycles. The standard InChI is InChI=1S/C14H17N3O2S2/c1-20-14-17-11-3-2-9(6-12(11)21-14)16-13(18)7-10-8-19-5-4-15-10/h2-3,6,10,15H,4-5,7-8H2,1H3,(H,16,18). The third-order valence-electron chi connectivity index (χ3n) is 3.26. The summed E-state index contributed by atoms with van der Waals surface area (Å²) in [6, 6.07) is 5.93. The number of anilines is 1. The Morgan fingerprint density at radius 2 is 2.52 bits per heavy atom. The van der Waals surface area contributed by atoms with Crippen molar-refractivity contribution in [1.82, 2.24) is 10.3 Å². The smallest absolute Gasteiger partial charge is 0.226 e. The summed E-state index contributed by atoms with van der Waals surface area (Å²) >= 11 is 3.28. The van der Waals surface area contributed by atoms with Crippen LogP contribution in [-0.4, -0.2) is 42.9 Å². The van der Waals surface area contributed by atoms with Crippen LogP contribution in [0, 0.1) is 0 Å². The predicted octanol–water partition coefficient (Wildman–Crippen LogP) is 2.34. The van der Waals surface area contributed by atoms with Crippen LogP contribution in [-0.2, 0) is 9.53 Å². The number of nitrogens with zero attached hydrogens (tertiary/aromatic N) is 1. The molecule has 1 aliphatic rings. The number of carbonyl (C=O) groups excluding carboxylic acids is 1. The number of hydrogen-bond acceptors (Lipinski definition) is 6. The third kappa shape index (κ3) is 3.74. The minimum atomic E-state index is 0.00644. The number of fused-ring (bicyclic) bond motifs is 1. The monoisotopic (exact) mass is 323 g/mol. The van der Waals surface area contributed by atoms with Crippen LogP contribution in [0.3, 0.4) is 0 Å². The molecular weight excluding hydrogens is 306 g/mol. The maximum Gasteiger partial charge on any atom is 0.226 e. The van der Waals surface area contributed by atoms with E-state index in [9.17, 15) is 4.79 Å². The summed E-state index contributed by atoms with van der Waals surface area (Å²) in [5, 5.41) is 6.23. The van der Waals surface area contributed by atoms with E-state index in [1.54, 1.807) is 23.1 Å². The van der Waals surface area contributed by atoms with Gasteiger partial charge in [0.05, 0.1) is 23.4 Å². The predicted molar refractivity (Wildman–Crippen MR) is 87.3 cm³/mol. The molecule has 1 amide bonds. The highest BCUT2D eigenvalue weighted by Gasteiger charge is 2.17. The molecule has 3 rings (SSSR count). The zero-order chi connectivity index (χ0) is 14.7. The summed E-state index contributed by atoms with van der Waals surface area (Å²) in [7, 11) is 0. The second kappa shape index (κ2) is 6.74. The lowest BCUT2D eigenvalue weighted by molar-refractivity contribution is -0.117. The first-order chi connectivity index (χ1) is 10.2. The van der Waals surface area contributed by atoms with E-state index >= 15 is 0 Å². The van der Waals surface area contributed by atoms with E-state index in [4.69, 9.17) is 4.74 Å². The van der Waals surface area contributed by atoms with E-state index in [0.29, 0.717) is 13.0 Å². The fourth-order valence-corrected chi connectivity index (χ4v) is 3.78. The van der Waals surface area contributed by atoms with Gasteiger partial charge in [0.25, 0.3) is 0 Å². The fourth-order valence-electron chi connectivity index (χ4n) is 2.26. The van der Waals surface area contributed by atoms with Crippen LogP contribution in [0.5, 0.6) is 0 Å². The molecular formula is C14H17N3O2S2. The number of thiazole rings is 1. The molecule has 112 valence electrons. The Morgan fingerprint density at radius 1 is 1.62 bits per heavy atom. The van der Waals surface area contributed by atoms with Gasteiger partial charge in [-0.25, -0.2) is 4.98 Å². The summed E-state index contributed by atoms with van der Waals surface area (Å²) in [5.74, 6) is 0.00644. The van der Waals surface area contributed by atoms with Crippen LogP contribution in [0.2, 0.25) is 0 Å². The highest BCUT2D eigenvalue weighted by Crippen LogP contribution is 2.29. The first kappa shape index (κ1) is 14.8. The van der Waals surface area contributed by atoms with Gasteiger partial charge in [-0.05, 0) is 24.5 Å². The number of amides is 1. The van der Waals surface area contributed by atoms with Gasteiger partial charge in [-0.15, -0.1) is 11.3 Å². The molecule has 5 nitrogen and oxygen atoms in total. The molecule has 0 saturated carbocycles. The van der Waals surface area contributed by atoms with Gasteiger partial charge < -0.3 is 15.4 Å². The molecule has 1 unspecified atom stereocenters. The van der Waals surface area contributed by atoms with Crippen molar-refractivity contribution in [2.45, 2.75) is 16.8 Å². The lowest BCUT2D eigenvalue weighted by Crippen LogP contribution is -2.43. The Kier molecular flexibility index (Phi) is 4.74. The maximum atomic E-state index is 12.1. The van der Waals surface area contributed by atoms with Gasteiger partial charge in [0.15, 0.2) is 4.34 Å². The number of morpholine rings is 1. The van der Waals surface area contributed by atoms with E-state index in [2.05, 4.69) is 15.6 Å². The van der Waals surface area contributed by atoms with Gasteiger partial charge in [-0.3, -0.25) is 4.79 Å². The summed E-state index contributed by atoms with van der Waals surface area (Å²) in [5.41, 5.74) is 1.80. The number of benzene rings is 1. The highest BCUT2D eigenvalue weighted by molar-refractivity contribution is 8.00. The number of hydrogen-bond donors (Lipinski definition) is 2. The van der Waals surface area contributed by atoms with Crippen LogP contribution in [0.25, 0.3) is 10.2 Å². The number of ether oxygens (including phenoxy) is 1. The second-order valence-corrected chi connectivity index (χ2v) is 6.93. The van der Waals surface area contributed by atoms with Gasteiger partial charge in [-0.1, -0.05) is 11.8 Å². The summed E-state index contributed by atoms with van der Waals surface area (Å²) < 4.78 is 7.49. The van der Waals surface area contributed by atoms with Gasteiger partial charge in [0.2, 0.25) is 5.91 Å². The van der Waals surface area contributed by atoms with Crippen LogP contribution < -0.4 is 10.6 Å². The van der Waals surface area contributed by atoms with Crippen LogP contribution in [0.1, 0.15) is 6.42 Å². The average Bonchev–Trinajstić information content (AvgIpc) is 2.90. The number of carbonyl (C=O) groups is 1. The molecule has 2 N–H and O–H groups in total. The molecule has 21 heavy (non-hydrogen) atoms. The molecule has 1 aliphatic heterocycles. The quantitative estimate of drug-likeness (QED) is 0.846. The lowest BCUT2D eigenvalue weighted by Gasteiger charge is -2.23. The largest absolute Gasteiger partial charge is 0.378 e. The summed E-state index contributed by atoms with van der Waals surface area (Å²) in [6.07, 6.45) is 2.44. The number of thioether (sulfide) groups is 1. The zero-order valence-electron chi connectivity index (χ0n) is 11.7. The minimum Gasteiger partial charge on any atom is -0.378 e. The van der Waals surface area contributed by atoms with Gasteiger partial charge in [-0.2, -0.15) is 0 Å². The molecule has 2 aromatic rings. The summed E-state index contributed by atoms with van der Waals surface area (Å²) in [6.45, 7) is 2.12. The molecule has 7 heteroatoms. The highest BCUT2D eigenvalue weighted by atomic mass is 32.2. The molecule has 1 atom stereocenters. The molecule has 1 saturated heterocycles.